The average Bonchev–Trinajstić information content (AvgIpc) is 2.37. The molecule has 0 aromatic rings. The molecule has 6 heteroatoms. The van der Waals surface area contributed by atoms with Crippen LogP contribution in [-0.4, -0.2) is 34.6 Å². The van der Waals surface area contributed by atoms with E-state index in [9.17, 15) is 9.59 Å². The molecule has 20 heavy (non-hydrogen) atoms. The number of ether oxygens (including phenoxy) is 2. The van der Waals surface area contributed by atoms with Crippen LogP contribution in [0.25, 0.3) is 0 Å². The highest BCUT2D eigenvalue weighted by Gasteiger charge is 2.29. The molecule has 0 N–H and O–H groups in total. The zero-order valence-corrected chi connectivity index (χ0v) is 14.5. The van der Waals surface area contributed by atoms with Crippen molar-refractivity contribution in [3.8, 4) is 0 Å². The molecular formula is C14H26O4S2. The Hall–Kier alpha value is -0.360. The summed E-state index contributed by atoms with van der Waals surface area (Å²) < 4.78 is 10.9. The molecule has 0 saturated heterocycles. The van der Waals surface area contributed by atoms with Gasteiger partial charge < -0.3 is 9.47 Å². The van der Waals surface area contributed by atoms with E-state index in [1.54, 1.807) is 13.8 Å². The summed E-state index contributed by atoms with van der Waals surface area (Å²) in [5.41, 5.74) is 0. The molecule has 0 amide bonds. The van der Waals surface area contributed by atoms with Gasteiger partial charge in [0.25, 0.3) is 0 Å². The molecule has 0 rings (SSSR count). The summed E-state index contributed by atoms with van der Waals surface area (Å²) in [6.07, 6.45) is 2.16. The maximum Gasteiger partial charge on any atom is 0.318 e. The monoisotopic (exact) mass is 322 g/mol. The summed E-state index contributed by atoms with van der Waals surface area (Å²) in [6, 6.07) is 0. The van der Waals surface area contributed by atoms with E-state index in [4.69, 9.17) is 9.47 Å². The molecule has 0 saturated carbocycles. The summed E-state index contributed by atoms with van der Waals surface area (Å²) in [4.78, 5) is 23.4. The average molecular weight is 322 g/mol. The van der Waals surface area contributed by atoms with E-state index in [1.807, 2.05) is 13.8 Å². The van der Waals surface area contributed by atoms with Crippen LogP contribution in [0.15, 0.2) is 0 Å². The Morgan fingerprint density at radius 1 is 0.850 bits per heavy atom. The first-order chi connectivity index (χ1) is 9.33. The first-order valence-corrected chi connectivity index (χ1v) is 8.13. The van der Waals surface area contributed by atoms with Crippen molar-refractivity contribution in [2.24, 2.45) is 0 Å². The highest BCUT2D eigenvalue weighted by molar-refractivity contribution is 7.81. The first kappa shape index (κ1) is 19.6. The fourth-order valence-electron chi connectivity index (χ4n) is 1.71. The Labute approximate surface area is 132 Å². The second-order valence-corrected chi connectivity index (χ2v) is 6.43. The Bertz CT molecular complexity index is 276. The topological polar surface area (TPSA) is 52.6 Å². The van der Waals surface area contributed by atoms with Gasteiger partial charge in [0, 0.05) is 0 Å². The van der Waals surface area contributed by atoms with Crippen LogP contribution in [0.5, 0.6) is 0 Å². The predicted molar refractivity (Wildman–Crippen MR) is 86.5 cm³/mol. The van der Waals surface area contributed by atoms with Crippen LogP contribution in [-0.2, 0) is 19.1 Å². The molecule has 0 aliphatic carbocycles. The molecule has 0 fully saturated rings. The van der Waals surface area contributed by atoms with E-state index >= 15 is 0 Å². The van der Waals surface area contributed by atoms with Gasteiger partial charge in [0.15, 0.2) is 0 Å². The molecule has 4 nitrogen and oxygen atoms in total. The van der Waals surface area contributed by atoms with Crippen molar-refractivity contribution in [2.75, 3.05) is 0 Å². The van der Waals surface area contributed by atoms with Crippen molar-refractivity contribution >= 4 is 37.2 Å². The summed E-state index contributed by atoms with van der Waals surface area (Å²) in [6.45, 7) is 7.31. The number of thiol groups is 2. The molecule has 0 bridgehead atoms. The third-order valence-corrected chi connectivity index (χ3v) is 3.20. The van der Waals surface area contributed by atoms with E-state index in [-0.39, 0.29) is 11.9 Å². The van der Waals surface area contributed by atoms with Crippen LogP contribution >= 0.6 is 25.3 Å². The normalized spacial score (nSPS) is 16.9. The van der Waals surface area contributed by atoms with Gasteiger partial charge in [-0.1, -0.05) is 26.7 Å². The molecule has 0 aromatic carbocycles. The standard InChI is InChI=1S/C14H26O4S2/c1-5-7-11(17-13(15)9(3)19)12(8-6-2)18-14(16)10(4)20/h9-12,19-20H,5-8H2,1-4H3. The minimum absolute atomic E-state index is 0.386. The fourth-order valence-corrected chi connectivity index (χ4v) is 1.83. The van der Waals surface area contributed by atoms with Gasteiger partial charge in [-0.3, -0.25) is 9.59 Å². The lowest BCUT2D eigenvalue weighted by Gasteiger charge is -2.27. The van der Waals surface area contributed by atoms with Crippen molar-refractivity contribution in [1.82, 2.24) is 0 Å². The number of carbonyl (C=O) groups excluding carboxylic acids is 2. The van der Waals surface area contributed by atoms with Crippen molar-refractivity contribution < 1.29 is 19.1 Å². The number of hydrogen-bond acceptors (Lipinski definition) is 6. The summed E-state index contributed by atoms with van der Waals surface area (Å²) in [5, 5.41) is -0.979. The van der Waals surface area contributed by atoms with Crippen LogP contribution in [0.4, 0.5) is 0 Å². The number of esters is 2. The third kappa shape index (κ3) is 7.43. The summed E-state index contributed by atoms with van der Waals surface area (Å²) >= 11 is 8.13. The van der Waals surface area contributed by atoms with E-state index in [0.29, 0.717) is 12.8 Å². The van der Waals surface area contributed by atoms with Crippen LogP contribution < -0.4 is 0 Å². The lowest BCUT2D eigenvalue weighted by molar-refractivity contribution is -0.168. The third-order valence-electron chi connectivity index (χ3n) is 2.78. The maximum atomic E-state index is 11.7. The molecule has 0 aromatic heterocycles. The first-order valence-electron chi connectivity index (χ1n) is 7.10. The van der Waals surface area contributed by atoms with Crippen molar-refractivity contribution in [3.63, 3.8) is 0 Å². The number of rotatable bonds is 9. The molecule has 0 heterocycles. The van der Waals surface area contributed by atoms with Gasteiger partial charge >= 0.3 is 11.9 Å². The van der Waals surface area contributed by atoms with Gasteiger partial charge in [0.2, 0.25) is 0 Å². The second kappa shape index (κ2) is 10.4. The highest BCUT2D eigenvalue weighted by atomic mass is 32.1. The van der Waals surface area contributed by atoms with Crippen molar-refractivity contribution in [1.29, 1.82) is 0 Å². The van der Waals surface area contributed by atoms with E-state index < -0.39 is 22.7 Å². The van der Waals surface area contributed by atoms with Gasteiger partial charge in [-0.15, -0.1) is 0 Å². The van der Waals surface area contributed by atoms with Crippen molar-refractivity contribution in [2.45, 2.75) is 76.1 Å². The van der Waals surface area contributed by atoms with Crippen LogP contribution in [0.1, 0.15) is 53.4 Å². The van der Waals surface area contributed by atoms with E-state index in [1.165, 1.54) is 0 Å². The molecule has 0 spiro atoms. The van der Waals surface area contributed by atoms with Gasteiger partial charge in [-0.2, -0.15) is 25.3 Å². The van der Waals surface area contributed by atoms with Crippen LogP contribution in [0.3, 0.4) is 0 Å². The van der Waals surface area contributed by atoms with Gasteiger partial charge in [0.05, 0.1) is 10.5 Å². The molecule has 4 unspecified atom stereocenters. The fraction of sp³-hybridized carbons (Fsp3) is 0.857. The Morgan fingerprint density at radius 2 is 1.15 bits per heavy atom. The van der Waals surface area contributed by atoms with Crippen LogP contribution in [0.2, 0.25) is 0 Å². The van der Waals surface area contributed by atoms with Crippen molar-refractivity contribution in [3.05, 3.63) is 0 Å². The SMILES string of the molecule is CCCC(OC(=O)C(C)S)C(CCC)OC(=O)C(C)S. The maximum absolute atomic E-state index is 11.7. The number of carbonyl (C=O) groups is 2. The minimum atomic E-state index is -0.490. The largest absolute Gasteiger partial charge is 0.458 e. The minimum Gasteiger partial charge on any atom is -0.458 e. The summed E-state index contributed by atoms with van der Waals surface area (Å²) in [7, 11) is 0. The molecule has 0 aliphatic heterocycles. The Morgan fingerprint density at radius 3 is 1.35 bits per heavy atom. The molecule has 0 aliphatic rings. The molecule has 118 valence electrons. The van der Waals surface area contributed by atoms with Gasteiger partial charge in [0.1, 0.15) is 12.2 Å². The highest BCUT2D eigenvalue weighted by Crippen LogP contribution is 2.18. The molecule has 4 atom stereocenters. The number of hydrogen-bond donors (Lipinski definition) is 2. The second-order valence-electron chi connectivity index (χ2n) is 4.88. The predicted octanol–water partition coefficient (Wildman–Crippen LogP) is 3.05. The lowest BCUT2D eigenvalue weighted by atomic mass is 10.0. The molecular weight excluding hydrogens is 296 g/mol. The summed E-state index contributed by atoms with van der Waals surface area (Å²) in [5.74, 6) is -0.772. The van der Waals surface area contributed by atoms with Crippen LogP contribution in [0, 0.1) is 0 Å². The Balaban J connectivity index is 4.83. The smallest absolute Gasteiger partial charge is 0.318 e. The van der Waals surface area contributed by atoms with Gasteiger partial charge in [-0.25, -0.2) is 0 Å². The zero-order chi connectivity index (χ0) is 15.7. The Kier molecular flexibility index (Phi) is 10.2. The molecule has 0 radical (unpaired) electrons. The van der Waals surface area contributed by atoms with E-state index in [2.05, 4.69) is 25.3 Å². The lowest BCUT2D eigenvalue weighted by Crippen LogP contribution is -2.38. The zero-order valence-electron chi connectivity index (χ0n) is 12.7. The van der Waals surface area contributed by atoms with E-state index in [0.717, 1.165) is 12.8 Å². The quantitative estimate of drug-likeness (QED) is 0.506. The van der Waals surface area contributed by atoms with Gasteiger partial charge in [-0.05, 0) is 26.7 Å².